The molecule has 0 saturated heterocycles. The molecule has 0 bridgehead atoms. The Morgan fingerprint density at radius 3 is 2.92 bits per heavy atom. The summed E-state index contributed by atoms with van der Waals surface area (Å²) in [5.41, 5.74) is 0.207. The van der Waals surface area contributed by atoms with Crippen LogP contribution in [0.1, 0.15) is 16.1 Å². The molecule has 0 aliphatic rings. The fraction of sp³-hybridized carbons (Fsp3) is 0.111. The van der Waals surface area contributed by atoms with Crippen molar-refractivity contribution in [2.24, 2.45) is 0 Å². The highest BCUT2D eigenvalue weighted by molar-refractivity contribution is 5.87. The molecule has 0 aromatic carbocycles. The van der Waals surface area contributed by atoms with Crippen LogP contribution in [-0.4, -0.2) is 18.1 Å². The van der Waals surface area contributed by atoms with E-state index in [9.17, 15) is 9.18 Å². The lowest BCUT2D eigenvalue weighted by Gasteiger charge is -2.00. The van der Waals surface area contributed by atoms with Crippen LogP contribution in [0.2, 0.25) is 0 Å². The van der Waals surface area contributed by atoms with Crippen LogP contribution in [0.5, 0.6) is 0 Å². The smallest absolute Gasteiger partial charge is 0.359 e. The molecule has 3 nitrogen and oxygen atoms in total. The first-order valence-electron chi connectivity index (χ1n) is 3.55. The zero-order valence-electron chi connectivity index (χ0n) is 7.08. The van der Waals surface area contributed by atoms with Crippen molar-refractivity contribution >= 4 is 12.0 Å². The van der Waals surface area contributed by atoms with Gasteiger partial charge >= 0.3 is 5.97 Å². The van der Waals surface area contributed by atoms with Crippen LogP contribution in [-0.2, 0) is 4.74 Å². The minimum atomic E-state index is -0.784. The molecule has 0 amide bonds. The Labute approximate surface area is 74.9 Å². The molecule has 13 heavy (non-hydrogen) atoms. The van der Waals surface area contributed by atoms with E-state index in [1.54, 1.807) is 0 Å². The molecule has 4 heteroatoms. The number of halogens is 1. The van der Waals surface area contributed by atoms with Gasteiger partial charge in [-0.25, -0.2) is 14.2 Å². The molecule has 68 valence electrons. The van der Waals surface area contributed by atoms with Crippen LogP contribution < -0.4 is 0 Å². The third kappa shape index (κ3) is 1.90. The molecule has 0 spiro atoms. The van der Waals surface area contributed by atoms with Crippen molar-refractivity contribution in [1.82, 2.24) is 4.98 Å². The molecule has 0 fully saturated rings. The van der Waals surface area contributed by atoms with Crippen LogP contribution >= 0.6 is 0 Å². The molecule has 0 aliphatic carbocycles. The molecule has 0 atom stereocenters. The molecule has 1 aromatic heterocycles. The summed E-state index contributed by atoms with van der Waals surface area (Å²) in [4.78, 5) is 14.5. The molecule has 0 saturated carbocycles. The SMILES string of the molecule is C=Cc1cnc(C(=O)OC)c(F)c1. The van der Waals surface area contributed by atoms with Gasteiger partial charge in [-0.1, -0.05) is 12.7 Å². The summed E-state index contributed by atoms with van der Waals surface area (Å²) < 4.78 is 17.4. The van der Waals surface area contributed by atoms with E-state index in [2.05, 4.69) is 16.3 Å². The molecular weight excluding hydrogens is 173 g/mol. The van der Waals surface area contributed by atoms with Gasteiger partial charge in [0.25, 0.3) is 0 Å². The van der Waals surface area contributed by atoms with Crippen molar-refractivity contribution in [1.29, 1.82) is 0 Å². The molecule has 0 radical (unpaired) electrons. The van der Waals surface area contributed by atoms with Crippen LogP contribution in [0, 0.1) is 5.82 Å². The number of hydrogen-bond donors (Lipinski definition) is 0. The third-order valence-electron chi connectivity index (χ3n) is 1.48. The lowest BCUT2D eigenvalue weighted by Crippen LogP contribution is -2.07. The third-order valence-corrected chi connectivity index (χ3v) is 1.48. The van der Waals surface area contributed by atoms with Crippen LogP contribution in [0.25, 0.3) is 6.08 Å². The predicted molar refractivity (Wildman–Crippen MR) is 45.6 cm³/mol. The summed E-state index contributed by atoms with van der Waals surface area (Å²) in [5, 5.41) is 0. The summed E-state index contributed by atoms with van der Waals surface area (Å²) in [6.45, 7) is 3.44. The minimum absolute atomic E-state index is 0.312. The average Bonchev–Trinajstić information content (AvgIpc) is 2.16. The number of esters is 1. The Morgan fingerprint density at radius 1 is 1.77 bits per heavy atom. The second-order valence-corrected chi connectivity index (χ2v) is 2.29. The number of carbonyl (C=O) groups is 1. The molecule has 0 N–H and O–H groups in total. The number of methoxy groups -OCH3 is 1. The van der Waals surface area contributed by atoms with Crippen molar-refractivity contribution in [3.8, 4) is 0 Å². The maximum absolute atomic E-state index is 13.1. The predicted octanol–water partition coefficient (Wildman–Crippen LogP) is 1.65. The van der Waals surface area contributed by atoms with Gasteiger partial charge in [-0.05, 0) is 11.6 Å². The fourth-order valence-electron chi connectivity index (χ4n) is 0.811. The number of hydrogen-bond acceptors (Lipinski definition) is 3. The number of rotatable bonds is 2. The van der Waals surface area contributed by atoms with Gasteiger partial charge < -0.3 is 4.74 Å². The van der Waals surface area contributed by atoms with Gasteiger partial charge in [0, 0.05) is 6.20 Å². The molecule has 1 aromatic rings. The normalized spacial score (nSPS) is 9.38. The molecular formula is C9H8FNO2. The van der Waals surface area contributed by atoms with Crippen molar-refractivity contribution < 1.29 is 13.9 Å². The number of carbonyl (C=O) groups excluding carboxylic acids is 1. The Bertz CT molecular complexity index is 349. The summed E-state index contributed by atoms with van der Waals surface area (Å²) in [7, 11) is 1.17. The number of pyridine rings is 1. The first-order chi connectivity index (χ1) is 6.19. The second-order valence-electron chi connectivity index (χ2n) is 2.29. The zero-order chi connectivity index (χ0) is 9.84. The van der Waals surface area contributed by atoms with Gasteiger partial charge in [0.2, 0.25) is 0 Å². The quantitative estimate of drug-likeness (QED) is 0.651. The average molecular weight is 181 g/mol. The van der Waals surface area contributed by atoms with Gasteiger partial charge in [0.15, 0.2) is 11.5 Å². The van der Waals surface area contributed by atoms with Crippen molar-refractivity contribution in [2.45, 2.75) is 0 Å². The highest BCUT2D eigenvalue weighted by Gasteiger charge is 2.13. The van der Waals surface area contributed by atoms with Crippen molar-refractivity contribution in [3.05, 3.63) is 35.9 Å². The number of ether oxygens (including phenoxy) is 1. The van der Waals surface area contributed by atoms with E-state index in [0.29, 0.717) is 5.56 Å². The fourth-order valence-corrected chi connectivity index (χ4v) is 0.811. The lowest BCUT2D eigenvalue weighted by molar-refractivity contribution is 0.0588. The van der Waals surface area contributed by atoms with Gasteiger partial charge in [0.05, 0.1) is 7.11 Å². The Morgan fingerprint density at radius 2 is 2.46 bits per heavy atom. The summed E-state index contributed by atoms with van der Waals surface area (Å²) >= 11 is 0. The van der Waals surface area contributed by atoms with Crippen molar-refractivity contribution in [3.63, 3.8) is 0 Å². The first-order valence-corrected chi connectivity index (χ1v) is 3.55. The van der Waals surface area contributed by atoms with E-state index in [4.69, 9.17) is 0 Å². The van der Waals surface area contributed by atoms with Gasteiger partial charge in [-0.15, -0.1) is 0 Å². The standard InChI is InChI=1S/C9H8FNO2/c1-3-6-4-7(10)8(11-5-6)9(12)13-2/h3-5H,1H2,2H3. The van der Waals surface area contributed by atoms with E-state index in [-0.39, 0.29) is 5.69 Å². The van der Waals surface area contributed by atoms with Gasteiger partial charge in [-0.3, -0.25) is 0 Å². The topological polar surface area (TPSA) is 39.2 Å². The molecule has 1 rings (SSSR count). The largest absolute Gasteiger partial charge is 0.464 e. The van der Waals surface area contributed by atoms with E-state index in [0.717, 1.165) is 0 Å². The highest BCUT2D eigenvalue weighted by Crippen LogP contribution is 2.08. The first kappa shape index (κ1) is 9.38. The molecule has 0 aliphatic heterocycles. The maximum atomic E-state index is 13.1. The van der Waals surface area contributed by atoms with E-state index < -0.39 is 11.8 Å². The van der Waals surface area contributed by atoms with Gasteiger partial charge in [-0.2, -0.15) is 0 Å². The van der Waals surface area contributed by atoms with E-state index >= 15 is 0 Å². The highest BCUT2D eigenvalue weighted by atomic mass is 19.1. The summed E-state index contributed by atoms with van der Waals surface area (Å²) in [5.74, 6) is -1.49. The Kier molecular flexibility index (Phi) is 2.74. The molecule has 0 unspecified atom stereocenters. The monoisotopic (exact) mass is 181 g/mol. The van der Waals surface area contributed by atoms with Crippen LogP contribution in [0.3, 0.4) is 0 Å². The number of aromatic nitrogens is 1. The number of nitrogens with zero attached hydrogens (tertiary/aromatic N) is 1. The Hall–Kier alpha value is -1.71. The zero-order valence-corrected chi connectivity index (χ0v) is 7.08. The second kappa shape index (κ2) is 3.80. The van der Waals surface area contributed by atoms with Crippen LogP contribution in [0.15, 0.2) is 18.8 Å². The Balaban J connectivity index is 3.12. The van der Waals surface area contributed by atoms with Crippen LogP contribution in [0.4, 0.5) is 4.39 Å². The summed E-state index contributed by atoms with van der Waals surface area (Å²) in [6.07, 6.45) is 2.79. The van der Waals surface area contributed by atoms with Gasteiger partial charge in [0.1, 0.15) is 0 Å². The lowest BCUT2D eigenvalue weighted by atomic mass is 10.2. The van der Waals surface area contributed by atoms with E-state index in [1.807, 2.05) is 0 Å². The van der Waals surface area contributed by atoms with E-state index in [1.165, 1.54) is 25.4 Å². The maximum Gasteiger partial charge on any atom is 0.359 e. The van der Waals surface area contributed by atoms with Crippen molar-refractivity contribution in [2.75, 3.05) is 7.11 Å². The summed E-state index contributed by atoms with van der Waals surface area (Å²) in [6, 6.07) is 1.17. The minimum Gasteiger partial charge on any atom is -0.464 e. The molecule has 1 heterocycles.